The molecule has 2 amide bonds. The number of imidazole rings is 1. The lowest BCUT2D eigenvalue weighted by atomic mass is 9.60. The van der Waals surface area contributed by atoms with Crippen LogP contribution in [0.25, 0.3) is 0 Å². The second kappa shape index (κ2) is 8.54. The minimum atomic E-state index is -0.475. The van der Waals surface area contributed by atoms with E-state index in [1.807, 2.05) is 22.7 Å². The Morgan fingerprint density at radius 1 is 1.19 bits per heavy atom. The predicted molar refractivity (Wildman–Crippen MR) is 115 cm³/mol. The van der Waals surface area contributed by atoms with Gasteiger partial charge >= 0.3 is 0 Å². The molecule has 2 aliphatic heterocycles. The first-order valence-electron chi connectivity index (χ1n) is 11.9. The molecule has 4 aliphatic rings. The number of ether oxygens (including phenoxy) is 1. The second-order valence-electron chi connectivity index (χ2n) is 9.89. The molecule has 170 valence electrons. The average molecular weight is 430 g/mol. The molecule has 0 unspecified atom stereocenters. The van der Waals surface area contributed by atoms with Crippen molar-refractivity contribution in [3.05, 3.63) is 18.2 Å². The van der Waals surface area contributed by atoms with E-state index in [-0.39, 0.29) is 17.7 Å². The molecule has 4 fully saturated rings. The lowest BCUT2D eigenvalue weighted by Gasteiger charge is -2.53. The van der Waals surface area contributed by atoms with Crippen molar-refractivity contribution in [3.63, 3.8) is 0 Å². The van der Waals surface area contributed by atoms with E-state index in [2.05, 4.69) is 15.2 Å². The maximum absolute atomic E-state index is 13.7. The topological polar surface area (TPSA) is 79.7 Å². The fraction of sp³-hybridized carbons (Fsp3) is 0.783. The van der Waals surface area contributed by atoms with Crippen molar-refractivity contribution in [1.82, 2.24) is 24.7 Å². The van der Waals surface area contributed by atoms with Crippen molar-refractivity contribution in [2.75, 3.05) is 39.4 Å². The van der Waals surface area contributed by atoms with E-state index >= 15 is 0 Å². The largest absolute Gasteiger partial charge is 0.379 e. The van der Waals surface area contributed by atoms with Gasteiger partial charge in [0.2, 0.25) is 11.8 Å². The van der Waals surface area contributed by atoms with Crippen molar-refractivity contribution >= 4 is 11.8 Å². The monoisotopic (exact) mass is 429 g/mol. The molecule has 2 saturated heterocycles. The van der Waals surface area contributed by atoms with Gasteiger partial charge in [0.25, 0.3) is 0 Å². The molecule has 5 rings (SSSR count). The number of amides is 2. The number of likely N-dealkylation sites (tertiary alicyclic amines) is 1. The first kappa shape index (κ1) is 20.9. The number of nitrogens with one attached hydrogen (secondary N) is 1. The molecular formula is C23H35N5O3. The van der Waals surface area contributed by atoms with E-state index in [1.165, 1.54) is 0 Å². The summed E-state index contributed by atoms with van der Waals surface area (Å²) in [6, 6.07) is 0.523. The van der Waals surface area contributed by atoms with Crippen LogP contribution in [0.5, 0.6) is 0 Å². The van der Waals surface area contributed by atoms with Crippen molar-refractivity contribution in [2.45, 2.75) is 51.1 Å². The van der Waals surface area contributed by atoms with Crippen LogP contribution >= 0.6 is 0 Å². The number of hydrogen-bond donors (Lipinski definition) is 1. The van der Waals surface area contributed by atoms with Gasteiger partial charge < -0.3 is 19.5 Å². The third-order valence-electron chi connectivity index (χ3n) is 8.06. The van der Waals surface area contributed by atoms with Crippen molar-refractivity contribution in [3.8, 4) is 0 Å². The molecule has 1 N–H and O–H groups in total. The molecule has 0 aromatic carbocycles. The lowest BCUT2D eigenvalue weighted by Crippen LogP contribution is -2.61. The van der Waals surface area contributed by atoms with Crippen LogP contribution in [-0.2, 0) is 27.9 Å². The summed E-state index contributed by atoms with van der Waals surface area (Å²) in [5.74, 6) is 1.75. The Labute approximate surface area is 184 Å². The van der Waals surface area contributed by atoms with Gasteiger partial charge in [0.15, 0.2) is 0 Å². The van der Waals surface area contributed by atoms with Gasteiger partial charge in [-0.2, -0.15) is 0 Å². The number of nitrogens with zero attached hydrogens (tertiary/aromatic N) is 4. The van der Waals surface area contributed by atoms with Gasteiger partial charge in [-0.25, -0.2) is 4.98 Å². The number of carbonyl (C=O) groups is 2. The Hall–Kier alpha value is -1.93. The number of carbonyl (C=O) groups excluding carboxylic acids is 2. The molecule has 1 aromatic rings. The van der Waals surface area contributed by atoms with E-state index in [1.54, 1.807) is 6.20 Å². The molecular weight excluding hydrogens is 394 g/mol. The Kier molecular flexibility index (Phi) is 5.77. The highest BCUT2D eigenvalue weighted by molar-refractivity contribution is 5.86. The van der Waals surface area contributed by atoms with Crippen LogP contribution in [0, 0.1) is 17.3 Å². The van der Waals surface area contributed by atoms with Gasteiger partial charge in [-0.1, -0.05) is 0 Å². The van der Waals surface area contributed by atoms with Crippen LogP contribution in [-0.4, -0.2) is 76.6 Å². The molecule has 8 nitrogen and oxygen atoms in total. The van der Waals surface area contributed by atoms with E-state index in [0.717, 1.165) is 77.2 Å². The molecule has 2 saturated carbocycles. The predicted octanol–water partition coefficient (Wildman–Crippen LogP) is 1.17. The standard InChI is InChI=1S/C23H35N5O3/c1-26-9-7-24-20(26)15-25-22(30)23-6-4-19(27-10-12-31-13-11-27)14-18(23)5-8-28(16-23)21(29)17-2-3-17/h7,9,17-19H,2-6,8,10-16H2,1H3,(H,25,30)/t18-,19-,23-/m1/s1. The van der Waals surface area contributed by atoms with Crippen LogP contribution in [0.2, 0.25) is 0 Å². The van der Waals surface area contributed by atoms with Crippen LogP contribution in [0.15, 0.2) is 12.4 Å². The Balaban J connectivity index is 1.32. The number of rotatable bonds is 5. The Morgan fingerprint density at radius 2 is 2.00 bits per heavy atom. The third kappa shape index (κ3) is 4.12. The van der Waals surface area contributed by atoms with Gasteiger partial charge in [-0.05, 0) is 44.4 Å². The smallest absolute Gasteiger partial charge is 0.228 e. The van der Waals surface area contributed by atoms with Gasteiger partial charge in [-0.3, -0.25) is 14.5 Å². The maximum atomic E-state index is 13.7. The van der Waals surface area contributed by atoms with Crippen LogP contribution in [0.4, 0.5) is 0 Å². The fourth-order valence-corrected chi connectivity index (χ4v) is 5.96. The van der Waals surface area contributed by atoms with E-state index < -0.39 is 5.41 Å². The summed E-state index contributed by atoms with van der Waals surface area (Å²) in [7, 11) is 1.94. The normalized spacial score (nSPS) is 31.8. The summed E-state index contributed by atoms with van der Waals surface area (Å²) in [6.07, 6.45) is 9.50. The number of aryl methyl sites for hydroxylation is 1. The minimum absolute atomic E-state index is 0.106. The zero-order valence-corrected chi connectivity index (χ0v) is 18.6. The van der Waals surface area contributed by atoms with Crippen molar-refractivity contribution < 1.29 is 14.3 Å². The minimum Gasteiger partial charge on any atom is -0.379 e. The number of morpholine rings is 1. The average Bonchev–Trinajstić information content (AvgIpc) is 3.58. The van der Waals surface area contributed by atoms with Crippen molar-refractivity contribution in [2.24, 2.45) is 24.3 Å². The lowest BCUT2D eigenvalue weighted by molar-refractivity contribution is -0.152. The summed E-state index contributed by atoms with van der Waals surface area (Å²) >= 11 is 0. The highest BCUT2D eigenvalue weighted by atomic mass is 16.5. The van der Waals surface area contributed by atoms with Gasteiger partial charge in [0.1, 0.15) is 5.82 Å². The zero-order valence-electron chi connectivity index (χ0n) is 18.6. The number of piperidine rings is 1. The summed E-state index contributed by atoms with van der Waals surface area (Å²) in [6.45, 7) is 5.39. The summed E-state index contributed by atoms with van der Waals surface area (Å²) < 4.78 is 7.48. The second-order valence-corrected chi connectivity index (χ2v) is 9.89. The van der Waals surface area contributed by atoms with Gasteiger partial charge in [-0.15, -0.1) is 0 Å². The maximum Gasteiger partial charge on any atom is 0.228 e. The number of fused-ring (bicyclic) bond motifs is 1. The third-order valence-corrected chi connectivity index (χ3v) is 8.06. The molecule has 3 heterocycles. The molecule has 1 aromatic heterocycles. The van der Waals surface area contributed by atoms with E-state index in [4.69, 9.17) is 4.74 Å². The molecule has 8 heteroatoms. The van der Waals surface area contributed by atoms with Crippen LogP contribution in [0.1, 0.15) is 44.3 Å². The first-order chi connectivity index (χ1) is 15.1. The van der Waals surface area contributed by atoms with Crippen molar-refractivity contribution in [1.29, 1.82) is 0 Å². The highest BCUT2D eigenvalue weighted by Crippen LogP contribution is 2.48. The summed E-state index contributed by atoms with van der Waals surface area (Å²) in [4.78, 5) is 35.4. The fourth-order valence-electron chi connectivity index (χ4n) is 5.96. The van der Waals surface area contributed by atoms with E-state index in [0.29, 0.717) is 25.0 Å². The van der Waals surface area contributed by atoms with Gasteiger partial charge in [0.05, 0.1) is 25.2 Å². The summed E-state index contributed by atoms with van der Waals surface area (Å²) in [5.41, 5.74) is -0.475. The molecule has 0 bridgehead atoms. The molecule has 0 spiro atoms. The molecule has 31 heavy (non-hydrogen) atoms. The molecule has 0 radical (unpaired) electrons. The highest BCUT2D eigenvalue weighted by Gasteiger charge is 2.54. The Morgan fingerprint density at radius 3 is 2.71 bits per heavy atom. The first-order valence-corrected chi connectivity index (χ1v) is 11.9. The van der Waals surface area contributed by atoms with Crippen LogP contribution in [0.3, 0.4) is 0 Å². The Bertz CT molecular complexity index is 816. The number of hydrogen-bond acceptors (Lipinski definition) is 5. The molecule has 2 aliphatic carbocycles. The van der Waals surface area contributed by atoms with Gasteiger partial charge in [0, 0.05) is 57.6 Å². The van der Waals surface area contributed by atoms with Crippen LogP contribution < -0.4 is 5.32 Å². The zero-order chi connectivity index (χ0) is 21.4. The molecule has 3 atom stereocenters. The SMILES string of the molecule is Cn1ccnc1CNC(=O)[C@@]12CC[C@@H](N3CCOCC3)C[C@H]1CCN(C(=O)C1CC1)C2. The number of aromatic nitrogens is 2. The quantitative estimate of drug-likeness (QED) is 0.760. The summed E-state index contributed by atoms with van der Waals surface area (Å²) in [5, 5.41) is 3.19. The van der Waals surface area contributed by atoms with E-state index in [9.17, 15) is 9.59 Å².